The van der Waals surface area contributed by atoms with Gasteiger partial charge in [0.15, 0.2) is 0 Å². The van der Waals surface area contributed by atoms with Gasteiger partial charge in [-0.05, 0) is 43.7 Å². The standard InChI is InChI=1S/C22H20N2O4/c1-4-28-22(26)18-17(13-6-5-7-14(11-13)27-3)20-19(24-21(18)25)15-10-12(2)8-9-16(15)23-20/h5-11,23H,4H2,1-3H3,(H,24,25). The zero-order valence-corrected chi connectivity index (χ0v) is 15.9. The fourth-order valence-electron chi connectivity index (χ4n) is 3.50. The Morgan fingerprint density at radius 1 is 1.07 bits per heavy atom. The van der Waals surface area contributed by atoms with Crippen LogP contribution in [0.3, 0.4) is 0 Å². The molecule has 6 nitrogen and oxygen atoms in total. The van der Waals surface area contributed by atoms with Crippen molar-refractivity contribution in [3.63, 3.8) is 0 Å². The lowest BCUT2D eigenvalue weighted by Gasteiger charge is -2.11. The van der Waals surface area contributed by atoms with E-state index in [-0.39, 0.29) is 12.2 Å². The molecule has 0 unspecified atom stereocenters. The quantitative estimate of drug-likeness (QED) is 0.524. The minimum Gasteiger partial charge on any atom is -0.497 e. The summed E-state index contributed by atoms with van der Waals surface area (Å²) in [6.07, 6.45) is 0. The number of methoxy groups -OCH3 is 1. The van der Waals surface area contributed by atoms with Crippen LogP contribution in [0.1, 0.15) is 22.8 Å². The average Bonchev–Trinajstić information content (AvgIpc) is 3.04. The minimum absolute atomic E-state index is 0.0223. The second-order valence-electron chi connectivity index (χ2n) is 6.58. The van der Waals surface area contributed by atoms with Crippen LogP contribution in [0.25, 0.3) is 33.1 Å². The zero-order chi connectivity index (χ0) is 19.8. The second kappa shape index (κ2) is 6.88. The van der Waals surface area contributed by atoms with Crippen LogP contribution in [0, 0.1) is 6.92 Å². The number of fused-ring (bicyclic) bond motifs is 3. The molecule has 2 N–H and O–H groups in total. The van der Waals surface area contributed by atoms with Crippen molar-refractivity contribution < 1.29 is 14.3 Å². The van der Waals surface area contributed by atoms with Gasteiger partial charge in [-0.2, -0.15) is 0 Å². The lowest BCUT2D eigenvalue weighted by molar-refractivity contribution is 0.0525. The molecule has 0 aliphatic heterocycles. The summed E-state index contributed by atoms with van der Waals surface area (Å²) in [7, 11) is 1.57. The number of H-pyrrole nitrogens is 2. The van der Waals surface area contributed by atoms with Crippen molar-refractivity contribution in [3.8, 4) is 16.9 Å². The maximum absolute atomic E-state index is 12.9. The molecule has 0 atom stereocenters. The first-order valence-electron chi connectivity index (χ1n) is 9.03. The highest BCUT2D eigenvalue weighted by atomic mass is 16.5. The summed E-state index contributed by atoms with van der Waals surface area (Å²) in [5.74, 6) is -0.0222. The summed E-state index contributed by atoms with van der Waals surface area (Å²) in [5.41, 5.74) is 3.99. The molecule has 4 aromatic rings. The molecule has 2 heterocycles. The highest BCUT2D eigenvalue weighted by Gasteiger charge is 2.24. The Bertz CT molecular complexity index is 1270. The lowest BCUT2D eigenvalue weighted by Crippen LogP contribution is -2.21. The topological polar surface area (TPSA) is 84.2 Å². The van der Waals surface area contributed by atoms with E-state index in [4.69, 9.17) is 9.47 Å². The second-order valence-corrected chi connectivity index (χ2v) is 6.58. The molecule has 0 saturated carbocycles. The fraction of sp³-hybridized carbons (Fsp3) is 0.182. The molecule has 0 fully saturated rings. The molecule has 6 heteroatoms. The Labute approximate surface area is 161 Å². The summed E-state index contributed by atoms with van der Waals surface area (Å²) >= 11 is 0. The van der Waals surface area contributed by atoms with E-state index in [1.54, 1.807) is 20.1 Å². The molecule has 28 heavy (non-hydrogen) atoms. The third-order valence-electron chi connectivity index (χ3n) is 4.76. The first-order valence-corrected chi connectivity index (χ1v) is 9.03. The first kappa shape index (κ1) is 17.9. The summed E-state index contributed by atoms with van der Waals surface area (Å²) in [4.78, 5) is 31.8. The van der Waals surface area contributed by atoms with Crippen molar-refractivity contribution in [1.82, 2.24) is 9.97 Å². The number of ether oxygens (including phenoxy) is 2. The fourth-order valence-corrected chi connectivity index (χ4v) is 3.50. The van der Waals surface area contributed by atoms with Crippen LogP contribution in [0.2, 0.25) is 0 Å². The van der Waals surface area contributed by atoms with Crippen LogP contribution in [-0.2, 0) is 4.74 Å². The molecule has 2 aromatic heterocycles. The molecule has 0 saturated heterocycles. The number of hydrogen-bond acceptors (Lipinski definition) is 4. The Kier molecular flexibility index (Phi) is 4.39. The molecule has 0 radical (unpaired) electrons. The SMILES string of the molecule is CCOC(=O)c1c(-c2cccc(OC)c2)c2[nH]c3ccc(C)cc3c2[nH]c1=O. The molecule has 0 bridgehead atoms. The number of hydrogen-bond donors (Lipinski definition) is 2. The van der Waals surface area contributed by atoms with Gasteiger partial charge in [0.25, 0.3) is 5.56 Å². The van der Waals surface area contributed by atoms with E-state index in [9.17, 15) is 9.59 Å². The van der Waals surface area contributed by atoms with Gasteiger partial charge in [-0.25, -0.2) is 4.79 Å². The van der Waals surface area contributed by atoms with Crippen LogP contribution in [-0.4, -0.2) is 29.7 Å². The average molecular weight is 376 g/mol. The molecule has 0 aliphatic carbocycles. The monoisotopic (exact) mass is 376 g/mol. The van der Waals surface area contributed by atoms with Gasteiger partial charge in [0.05, 0.1) is 24.8 Å². The predicted octanol–water partition coefficient (Wildman–Crippen LogP) is 4.17. The molecule has 0 spiro atoms. The third-order valence-corrected chi connectivity index (χ3v) is 4.76. The van der Waals surface area contributed by atoms with Crippen molar-refractivity contribution in [2.45, 2.75) is 13.8 Å². The van der Waals surface area contributed by atoms with Crippen LogP contribution in [0.15, 0.2) is 47.3 Å². The Morgan fingerprint density at radius 2 is 1.89 bits per heavy atom. The number of carbonyl (C=O) groups is 1. The number of aryl methyl sites for hydroxylation is 1. The maximum atomic E-state index is 12.9. The van der Waals surface area contributed by atoms with E-state index in [2.05, 4.69) is 9.97 Å². The molecule has 2 aromatic carbocycles. The van der Waals surface area contributed by atoms with Gasteiger partial charge in [0.2, 0.25) is 0 Å². The van der Waals surface area contributed by atoms with Crippen molar-refractivity contribution in [2.75, 3.05) is 13.7 Å². The zero-order valence-electron chi connectivity index (χ0n) is 15.9. The Morgan fingerprint density at radius 3 is 2.64 bits per heavy atom. The first-order chi connectivity index (χ1) is 13.5. The summed E-state index contributed by atoms with van der Waals surface area (Å²) < 4.78 is 10.5. The van der Waals surface area contributed by atoms with E-state index in [0.717, 1.165) is 16.5 Å². The predicted molar refractivity (Wildman–Crippen MR) is 109 cm³/mol. The minimum atomic E-state index is -0.654. The Hall–Kier alpha value is -3.54. The number of pyridine rings is 1. The number of aromatic amines is 2. The van der Waals surface area contributed by atoms with Gasteiger partial charge in [-0.15, -0.1) is 0 Å². The van der Waals surface area contributed by atoms with Crippen molar-refractivity contribution in [2.24, 2.45) is 0 Å². The Balaban J connectivity index is 2.15. The summed E-state index contributed by atoms with van der Waals surface area (Å²) in [5, 5.41) is 0.895. The number of nitrogens with one attached hydrogen (secondary N) is 2. The van der Waals surface area contributed by atoms with Gasteiger partial charge in [-0.3, -0.25) is 4.79 Å². The smallest absolute Gasteiger partial charge is 0.344 e. The number of carbonyl (C=O) groups excluding carboxylic acids is 1. The van der Waals surface area contributed by atoms with Crippen molar-refractivity contribution >= 4 is 27.9 Å². The maximum Gasteiger partial charge on any atom is 0.344 e. The van der Waals surface area contributed by atoms with E-state index in [1.165, 1.54) is 0 Å². The van der Waals surface area contributed by atoms with E-state index in [1.807, 2.05) is 43.3 Å². The highest BCUT2D eigenvalue weighted by molar-refractivity contribution is 6.14. The summed E-state index contributed by atoms with van der Waals surface area (Å²) in [6, 6.07) is 13.2. The molecular formula is C22H20N2O4. The van der Waals surface area contributed by atoms with E-state index in [0.29, 0.717) is 27.9 Å². The molecular weight excluding hydrogens is 356 g/mol. The number of aromatic nitrogens is 2. The van der Waals surface area contributed by atoms with Gasteiger partial charge >= 0.3 is 5.97 Å². The van der Waals surface area contributed by atoms with E-state index < -0.39 is 11.5 Å². The lowest BCUT2D eigenvalue weighted by atomic mass is 9.99. The van der Waals surface area contributed by atoms with E-state index >= 15 is 0 Å². The van der Waals surface area contributed by atoms with Gasteiger partial charge in [-0.1, -0.05) is 23.8 Å². The van der Waals surface area contributed by atoms with Crippen LogP contribution < -0.4 is 10.3 Å². The van der Waals surface area contributed by atoms with Gasteiger partial charge in [0, 0.05) is 16.5 Å². The summed E-state index contributed by atoms with van der Waals surface area (Å²) in [6.45, 7) is 3.88. The number of esters is 1. The van der Waals surface area contributed by atoms with Crippen LogP contribution >= 0.6 is 0 Å². The number of rotatable bonds is 4. The number of benzene rings is 2. The largest absolute Gasteiger partial charge is 0.497 e. The third kappa shape index (κ3) is 2.83. The van der Waals surface area contributed by atoms with Crippen LogP contribution in [0.5, 0.6) is 5.75 Å². The van der Waals surface area contributed by atoms with Crippen molar-refractivity contribution in [1.29, 1.82) is 0 Å². The molecule has 4 rings (SSSR count). The molecule has 0 aliphatic rings. The van der Waals surface area contributed by atoms with Gasteiger partial charge < -0.3 is 19.4 Å². The normalized spacial score (nSPS) is 11.1. The van der Waals surface area contributed by atoms with Crippen molar-refractivity contribution in [3.05, 3.63) is 63.9 Å². The van der Waals surface area contributed by atoms with Gasteiger partial charge in [0.1, 0.15) is 11.3 Å². The molecule has 0 amide bonds. The molecule has 142 valence electrons. The van der Waals surface area contributed by atoms with Crippen LogP contribution in [0.4, 0.5) is 0 Å². The highest BCUT2D eigenvalue weighted by Crippen LogP contribution is 2.35.